The second-order valence-electron chi connectivity index (χ2n) is 3.23. The molecule has 1 aliphatic heterocycles. The summed E-state index contributed by atoms with van der Waals surface area (Å²) in [6.45, 7) is 0.640. The van der Waals surface area contributed by atoms with Crippen LogP contribution in [0.2, 0.25) is 0 Å². The third kappa shape index (κ3) is 3.73. The van der Waals surface area contributed by atoms with Crippen molar-refractivity contribution in [2.45, 2.75) is 25.3 Å². The van der Waals surface area contributed by atoms with Crippen LogP contribution in [0.3, 0.4) is 0 Å². The maximum Gasteiger partial charge on any atom is 0.238 e. The number of rotatable bonds is 2. The Hall–Kier alpha value is -0.620. The van der Waals surface area contributed by atoms with Crippen LogP contribution < -0.4 is 10.0 Å². The fourth-order valence-corrected chi connectivity index (χ4v) is 2.05. The lowest BCUT2D eigenvalue weighted by Crippen LogP contribution is -2.44. The molecule has 0 aromatic heterocycles. The number of amides is 1. The van der Waals surface area contributed by atoms with E-state index in [4.69, 9.17) is 0 Å². The first-order valence-electron chi connectivity index (χ1n) is 4.24. The van der Waals surface area contributed by atoms with Crippen molar-refractivity contribution in [2.24, 2.45) is 0 Å². The molecule has 13 heavy (non-hydrogen) atoms. The van der Waals surface area contributed by atoms with Crippen LogP contribution in [0.5, 0.6) is 0 Å². The van der Waals surface area contributed by atoms with Gasteiger partial charge < -0.3 is 5.32 Å². The van der Waals surface area contributed by atoms with Gasteiger partial charge >= 0.3 is 0 Å². The predicted molar refractivity (Wildman–Crippen MR) is 48.6 cm³/mol. The summed E-state index contributed by atoms with van der Waals surface area (Å²) in [4.78, 5) is 11.3. The predicted octanol–water partition coefficient (Wildman–Crippen LogP) is -0.796. The molecule has 1 rings (SSSR count). The van der Waals surface area contributed by atoms with Gasteiger partial charge in [0.05, 0.1) is 6.26 Å². The zero-order chi connectivity index (χ0) is 9.90. The number of sulfonamides is 1. The Morgan fingerprint density at radius 3 is 2.77 bits per heavy atom. The molecular formula is C7H14N2O3S. The van der Waals surface area contributed by atoms with Crippen LogP contribution in [0.1, 0.15) is 19.3 Å². The van der Waals surface area contributed by atoms with Gasteiger partial charge in [0.25, 0.3) is 0 Å². The quantitative estimate of drug-likeness (QED) is 0.621. The summed E-state index contributed by atoms with van der Waals surface area (Å²) in [5, 5.41) is 2.65. The number of carbonyl (C=O) groups is 1. The topological polar surface area (TPSA) is 75.3 Å². The smallest absolute Gasteiger partial charge is 0.238 e. The van der Waals surface area contributed by atoms with Gasteiger partial charge in [-0.05, 0) is 19.3 Å². The van der Waals surface area contributed by atoms with Crippen LogP contribution in [-0.4, -0.2) is 33.2 Å². The first-order chi connectivity index (χ1) is 5.99. The highest BCUT2D eigenvalue weighted by Crippen LogP contribution is 2.05. The van der Waals surface area contributed by atoms with Crippen molar-refractivity contribution in [1.29, 1.82) is 0 Å². The van der Waals surface area contributed by atoms with E-state index < -0.39 is 16.1 Å². The average Bonchev–Trinajstić information content (AvgIpc) is 2.14. The fourth-order valence-electron chi connectivity index (χ4n) is 1.31. The van der Waals surface area contributed by atoms with Gasteiger partial charge in [0.15, 0.2) is 0 Å². The van der Waals surface area contributed by atoms with E-state index in [0.717, 1.165) is 19.1 Å². The molecule has 2 N–H and O–H groups in total. The molecule has 0 aliphatic carbocycles. The van der Waals surface area contributed by atoms with E-state index in [2.05, 4.69) is 10.0 Å². The van der Waals surface area contributed by atoms with Crippen molar-refractivity contribution < 1.29 is 13.2 Å². The van der Waals surface area contributed by atoms with Gasteiger partial charge in [0.2, 0.25) is 15.9 Å². The highest BCUT2D eigenvalue weighted by molar-refractivity contribution is 7.88. The van der Waals surface area contributed by atoms with E-state index in [1.54, 1.807) is 0 Å². The molecule has 0 aromatic carbocycles. The van der Waals surface area contributed by atoms with Crippen molar-refractivity contribution in [3.63, 3.8) is 0 Å². The largest absolute Gasteiger partial charge is 0.355 e. The lowest BCUT2D eigenvalue weighted by atomic mass is 10.1. The minimum atomic E-state index is -3.28. The van der Waals surface area contributed by atoms with Crippen LogP contribution in [0.4, 0.5) is 0 Å². The molecule has 76 valence electrons. The molecule has 0 spiro atoms. The molecule has 1 amide bonds. The Kier molecular flexibility index (Phi) is 3.27. The van der Waals surface area contributed by atoms with E-state index >= 15 is 0 Å². The minimum absolute atomic E-state index is 0.220. The van der Waals surface area contributed by atoms with Crippen molar-refractivity contribution in [2.75, 3.05) is 12.8 Å². The zero-order valence-electron chi connectivity index (χ0n) is 7.54. The summed E-state index contributed by atoms with van der Waals surface area (Å²) < 4.78 is 24.0. The zero-order valence-corrected chi connectivity index (χ0v) is 8.36. The third-order valence-electron chi connectivity index (χ3n) is 1.89. The lowest BCUT2D eigenvalue weighted by molar-refractivity contribution is -0.122. The van der Waals surface area contributed by atoms with Gasteiger partial charge in [-0.15, -0.1) is 0 Å². The molecule has 0 aromatic rings. The third-order valence-corrected chi connectivity index (χ3v) is 2.60. The Bertz CT molecular complexity index is 286. The van der Waals surface area contributed by atoms with E-state index in [0.29, 0.717) is 13.0 Å². The number of nitrogens with one attached hydrogen (secondary N) is 2. The number of hydrogen-bond acceptors (Lipinski definition) is 3. The first-order valence-corrected chi connectivity index (χ1v) is 6.13. The van der Waals surface area contributed by atoms with Gasteiger partial charge in [-0.25, -0.2) is 13.1 Å². The van der Waals surface area contributed by atoms with Gasteiger partial charge in [-0.3, -0.25) is 4.79 Å². The Balaban J connectivity index is 2.60. The summed E-state index contributed by atoms with van der Waals surface area (Å²) in [5.41, 5.74) is 0. The van der Waals surface area contributed by atoms with E-state index in [1.165, 1.54) is 0 Å². The molecule has 0 bridgehead atoms. The number of hydrogen-bond donors (Lipinski definition) is 2. The molecular weight excluding hydrogens is 192 g/mol. The van der Waals surface area contributed by atoms with E-state index in [1.807, 2.05) is 0 Å². The monoisotopic (exact) mass is 206 g/mol. The van der Waals surface area contributed by atoms with Gasteiger partial charge in [-0.2, -0.15) is 0 Å². The van der Waals surface area contributed by atoms with Crippen LogP contribution in [0.25, 0.3) is 0 Å². The average molecular weight is 206 g/mol. The molecule has 6 heteroatoms. The van der Waals surface area contributed by atoms with Gasteiger partial charge in [-0.1, -0.05) is 0 Å². The normalized spacial score (nSPS) is 25.0. The molecule has 0 radical (unpaired) electrons. The molecule has 1 aliphatic rings. The van der Waals surface area contributed by atoms with Gasteiger partial charge in [0, 0.05) is 6.54 Å². The SMILES string of the molecule is CS(=O)(=O)N[C@@H]1CCCCNC1=O. The maximum absolute atomic E-state index is 11.3. The minimum Gasteiger partial charge on any atom is -0.355 e. The van der Waals surface area contributed by atoms with E-state index in [-0.39, 0.29) is 5.91 Å². The Morgan fingerprint density at radius 2 is 2.15 bits per heavy atom. The van der Waals surface area contributed by atoms with E-state index in [9.17, 15) is 13.2 Å². The fraction of sp³-hybridized carbons (Fsp3) is 0.857. The van der Waals surface area contributed by atoms with Gasteiger partial charge in [0.1, 0.15) is 6.04 Å². The summed E-state index contributed by atoms with van der Waals surface area (Å²) >= 11 is 0. The molecule has 1 saturated heterocycles. The highest BCUT2D eigenvalue weighted by Gasteiger charge is 2.22. The van der Waals surface area contributed by atoms with Crippen LogP contribution in [0.15, 0.2) is 0 Å². The summed E-state index contributed by atoms with van der Waals surface area (Å²) in [7, 11) is -3.28. The molecule has 0 saturated carbocycles. The lowest BCUT2D eigenvalue weighted by Gasteiger charge is -2.12. The first kappa shape index (κ1) is 10.5. The Morgan fingerprint density at radius 1 is 1.46 bits per heavy atom. The molecule has 1 fully saturated rings. The van der Waals surface area contributed by atoms with Crippen LogP contribution >= 0.6 is 0 Å². The van der Waals surface area contributed by atoms with Crippen LogP contribution in [-0.2, 0) is 14.8 Å². The number of carbonyl (C=O) groups excluding carboxylic acids is 1. The molecule has 0 unspecified atom stereocenters. The molecule has 5 nitrogen and oxygen atoms in total. The summed E-state index contributed by atoms with van der Waals surface area (Å²) in [6, 6.07) is -0.586. The van der Waals surface area contributed by atoms with Crippen molar-refractivity contribution >= 4 is 15.9 Å². The molecule has 1 atom stereocenters. The van der Waals surface area contributed by atoms with Crippen LogP contribution in [0, 0.1) is 0 Å². The second kappa shape index (κ2) is 4.06. The van der Waals surface area contributed by atoms with Crippen molar-refractivity contribution in [3.8, 4) is 0 Å². The maximum atomic E-state index is 11.3. The van der Waals surface area contributed by atoms with Crippen molar-refractivity contribution in [1.82, 2.24) is 10.0 Å². The second-order valence-corrected chi connectivity index (χ2v) is 5.01. The highest BCUT2D eigenvalue weighted by atomic mass is 32.2. The molecule has 1 heterocycles. The Labute approximate surface area is 77.9 Å². The summed E-state index contributed by atoms with van der Waals surface area (Å²) in [5.74, 6) is -0.220. The standard InChI is InChI=1S/C7H14N2O3S/c1-13(11,12)9-6-4-2-3-5-8-7(6)10/h6,9H,2-5H2,1H3,(H,8,10)/t6-/m1/s1. The van der Waals surface area contributed by atoms with Crippen molar-refractivity contribution in [3.05, 3.63) is 0 Å². The summed E-state index contributed by atoms with van der Waals surface area (Å²) in [6.07, 6.45) is 3.42.